The summed E-state index contributed by atoms with van der Waals surface area (Å²) in [5, 5.41) is 6.52. The van der Waals surface area contributed by atoms with Gasteiger partial charge in [0.15, 0.2) is 0 Å². The average molecular weight is 263 g/mol. The molecule has 0 bridgehead atoms. The zero-order valence-electron chi connectivity index (χ0n) is 11.7. The Morgan fingerprint density at radius 2 is 2.32 bits per heavy atom. The molecule has 0 spiro atoms. The number of nitrogens with zero attached hydrogens (tertiary/aromatic N) is 3. The highest BCUT2D eigenvalue weighted by molar-refractivity contribution is 5.77. The molecule has 1 saturated heterocycles. The number of hydrogen-bond donors (Lipinski definition) is 2. The lowest BCUT2D eigenvalue weighted by molar-refractivity contribution is -0.132. The number of aromatic nitrogens is 2. The smallest absolute Gasteiger partial charge is 0.224 e. The summed E-state index contributed by atoms with van der Waals surface area (Å²) in [5.74, 6) is 1.69. The van der Waals surface area contributed by atoms with Crippen LogP contribution in [0.25, 0.3) is 0 Å². The topological polar surface area (TPSA) is 70.2 Å². The second-order valence-electron chi connectivity index (χ2n) is 4.91. The Kier molecular flexibility index (Phi) is 4.19. The van der Waals surface area contributed by atoms with E-state index in [4.69, 9.17) is 0 Å². The highest BCUT2D eigenvalue weighted by atomic mass is 16.2. The maximum absolute atomic E-state index is 11.5. The monoisotopic (exact) mass is 263 g/mol. The van der Waals surface area contributed by atoms with Gasteiger partial charge in [0.1, 0.15) is 5.82 Å². The van der Waals surface area contributed by atoms with E-state index in [0.717, 1.165) is 30.9 Å². The molecule has 1 atom stereocenters. The van der Waals surface area contributed by atoms with Gasteiger partial charge in [0.2, 0.25) is 11.9 Å². The van der Waals surface area contributed by atoms with Gasteiger partial charge < -0.3 is 15.5 Å². The number of rotatable bonds is 4. The minimum absolute atomic E-state index is 0.214. The Bertz CT molecular complexity index is 462. The van der Waals surface area contributed by atoms with Gasteiger partial charge in [-0.3, -0.25) is 4.79 Å². The van der Waals surface area contributed by atoms with Gasteiger partial charge in [0, 0.05) is 44.4 Å². The van der Waals surface area contributed by atoms with Crippen LogP contribution >= 0.6 is 0 Å². The van der Waals surface area contributed by atoms with E-state index in [9.17, 15) is 4.79 Å². The molecular weight excluding hydrogens is 242 g/mol. The number of piperidine rings is 1. The molecule has 1 amide bonds. The molecular formula is C13H21N5O. The molecule has 1 aliphatic rings. The standard InChI is InChI=1S/C13H21N5O/c1-4-14-13-15-7-9(2)12(17-13)16-10-5-6-11(19)18(3)8-10/h7,10H,4-6,8H2,1-3H3,(H2,14,15,16,17). The van der Waals surface area contributed by atoms with E-state index < -0.39 is 0 Å². The highest BCUT2D eigenvalue weighted by Gasteiger charge is 2.23. The number of hydrogen-bond acceptors (Lipinski definition) is 5. The SMILES string of the molecule is CCNc1ncc(C)c(NC2CCC(=O)N(C)C2)n1. The summed E-state index contributed by atoms with van der Waals surface area (Å²) in [5.41, 5.74) is 1.02. The summed E-state index contributed by atoms with van der Waals surface area (Å²) in [4.78, 5) is 21.9. The fourth-order valence-corrected chi connectivity index (χ4v) is 2.15. The van der Waals surface area contributed by atoms with Gasteiger partial charge in [-0.25, -0.2) is 4.98 Å². The van der Waals surface area contributed by atoms with Crippen LogP contribution in [-0.2, 0) is 4.79 Å². The summed E-state index contributed by atoms with van der Waals surface area (Å²) in [6, 6.07) is 0.255. The van der Waals surface area contributed by atoms with Crippen LogP contribution < -0.4 is 10.6 Å². The minimum atomic E-state index is 0.214. The third-order valence-electron chi connectivity index (χ3n) is 3.27. The van der Waals surface area contributed by atoms with Gasteiger partial charge in [-0.05, 0) is 20.3 Å². The van der Waals surface area contributed by atoms with Crippen molar-refractivity contribution in [2.24, 2.45) is 0 Å². The number of aryl methyl sites for hydroxylation is 1. The molecule has 0 radical (unpaired) electrons. The van der Waals surface area contributed by atoms with Gasteiger partial charge >= 0.3 is 0 Å². The molecule has 1 aliphatic heterocycles. The van der Waals surface area contributed by atoms with Crippen molar-refractivity contribution in [2.45, 2.75) is 32.7 Å². The first-order valence-corrected chi connectivity index (χ1v) is 6.68. The molecule has 19 heavy (non-hydrogen) atoms. The van der Waals surface area contributed by atoms with Crippen molar-refractivity contribution in [3.63, 3.8) is 0 Å². The van der Waals surface area contributed by atoms with E-state index in [1.165, 1.54) is 0 Å². The van der Waals surface area contributed by atoms with E-state index in [-0.39, 0.29) is 11.9 Å². The van der Waals surface area contributed by atoms with E-state index in [0.29, 0.717) is 12.4 Å². The van der Waals surface area contributed by atoms with E-state index in [1.807, 2.05) is 27.1 Å². The fourth-order valence-electron chi connectivity index (χ4n) is 2.15. The van der Waals surface area contributed by atoms with E-state index in [1.54, 1.807) is 4.90 Å². The van der Waals surface area contributed by atoms with Crippen LogP contribution in [-0.4, -0.2) is 47.0 Å². The lowest BCUT2D eigenvalue weighted by atomic mass is 10.1. The van der Waals surface area contributed by atoms with Gasteiger partial charge in [0.05, 0.1) is 0 Å². The van der Waals surface area contributed by atoms with Gasteiger partial charge in [-0.1, -0.05) is 0 Å². The summed E-state index contributed by atoms with van der Waals surface area (Å²) in [6.07, 6.45) is 3.26. The molecule has 1 unspecified atom stereocenters. The minimum Gasteiger partial charge on any atom is -0.365 e. The molecule has 2 rings (SSSR count). The molecule has 104 valence electrons. The lowest BCUT2D eigenvalue weighted by Gasteiger charge is -2.30. The maximum atomic E-state index is 11.5. The number of likely N-dealkylation sites (N-methyl/N-ethyl adjacent to an activating group) is 1. The van der Waals surface area contributed by atoms with Crippen molar-refractivity contribution < 1.29 is 4.79 Å². The van der Waals surface area contributed by atoms with Crippen LogP contribution in [0.4, 0.5) is 11.8 Å². The molecule has 0 saturated carbocycles. The predicted octanol–water partition coefficient (Wildman–Crippen LogP) is 1.25. The zero-order valence-corrected chi connectivity index (χ0v) is 11.7. The van der Waals surface area contributed by atoms with Crippen molar-refractivity contribution >= 4 is 17.7 Å². The summed E-state index contributed by atoms with van der Waals surface area (Å²) < 4.78 is 0. The molecule has 2 N–H and O–H groups in total. The van der Waals surface area contributed by atoms with Crippen LogP contribution in [0.3, 0.4) is 0 Å². The molecule has 2 heterocycles. The maximum Gasteiger partial charge on any atom is 0.224 e. The third-order valence-corrected chi connectivity index (χ3v) is 3.27. The van der Waals surface area contributed by atoms with Crippen molar-refractivity contribution in [3.8, 4) is 0 Å². The second kappa shape index (κ2) is 5.86. The zero-order chi connectivity index (χ0) is 13.8. The number of amides is 1. The number of anilines is 2. The largest absolute Gasteiger partial charge is 0.365 e. The number of nitrogens with one attached hydrogen (secondary N) is 2. The van der Waals surface area contributed by atoms with Gasteiger partial charge in [-0.15, -0.1) is 0 Å². The normalized spacial score (nSPS) is 19.4. The Labute approximate surface area is 113 Å². The van der Waals surface area contributed by atoms with Crippen molar-refractivity contribution in [1.82, 2.24) is 14.9 Å². The van der Waals surface area contributed by atoms with Gasteiger partial charge in [-0.2, -0.15) is 4.98 Å². The Morgan fingerprint density at radius 3 is 3.00 bits per heavy atom. The van der Waals surface area contributed by atoms with E-state index in [2.05, 4.69) is 20.6 Å². The molecule has 6 nitrogen and oxygen atoms in total. The van der Waals surface area contributed by atoms with Crippen LogP contribution in [0.5, 0.6) is 0 Å². The molecule has 0 aliphatic carbocycles. The quantitative estimate of drug-likeness (QED) is 0.855. The summed E-state index contributed by atoms with van der Waals surface area (Å²) >= 11 is 0. The van der Waals surface area contributed by atoms with Crippen LogP contribution in [0.1, 0.15) is 25.3 Å². The first-order valence-electron chi connectivity index (χ1n) is 6.68. The van der Waals surface area contributed by atoms with E-state index >= 15 is 0 Å². The van der Waals surface area contributed by atoms with Crippen molar-refractivity contribution in [1.29, 1.82) is 0 Å². The molecule has 0 aromatic carbocycles. The number of carbonyl (C=O) groups is 1. The van der Waals surface area contributed by atoms with Crippen molar-refractivity contribution in [3.05, 3.63) is 11.8 Å². The summed E-state index contributed by atoms with van der Waals surface area (Å²) in [7, 11) is 1.84. The molecule has 1 aromatic rings. The summed E-state index contributed by atoms with van der Waals surface area (Å²) in [6.45, 7) is 5.51. The molecule has 1 aromatic heterocycles. The van der Waals surface area contributed by atoms with Gasteiger partial charge in [0.25, 0.3) is 0 Å². The number of likely N-dealkylation sites (tertiary alicyclic amines) is 1. The molecule has 1 fully saturated rings. The first-order chi connectivity index (χ1) is 9.10. The fraction of sp³-hybridized carbons (Fsp3) is 0.615. The van der Waals surface area contributed by atoms with Crippen LogP contribution in [0.2, 0.25) is 0 Å². The first kappa shape index (κ1) is 13.6. The Hall–Kier alpha value is -1.85. The van der Waals surface area contributed by atoms with Crippen LogP contribution in [0, 0.1) is 6.92 Å². The molecule has 6 heteroatoms. The number of carbonyl (C=O) groups excluding carboxylic acids is 1. The van der Waals surface area contributed by atoms with Crippen LogP contribution in [0.15, 0.2) is 6.20 Å². The van der Waals surface area contributed by atoms with Crippen molar-refractivity contribution in [2.75, 3.05) is 30.8 Å². The predicted molar refractivity (Wildman–Crippen MR) is 75.2 cm³/mol. The average Bonchev–Trinajstić information content (AvgIpc) is 2.38. The third kappa shape index (κ3) is 3.33. The highest BCUT2D eigenvalue weighted by Crippen LogP contribution is 2.18. The Morgan fingerprint density at radius 1 is 1.53 bits per heavy atom. The lowest BCUT2D eigenvalue weighted by Crippen LogP contribution is -2.43. The second-order valence-corrected chi connectivity index (χ2v) is 4.91. The Balaban J connectivity index is 2.05.